The van der Waals surface area contributed by atoms with Crippen LogP contribution in [0.2, 0.25) is 0 Å². The van der Waals surface area contributed by atoms with E-state index < -0.39 is 0 Å². The molecule has 94 valence electrons. The highest BCUT2D eigenvalue weighted by Crippen LogP contribution is 2.10. The van der Waals surface area contributed by atoms with Crippen molar-refractivity contribution < 1.29 is 4.74 Å². The number of nitrogens with one attached hydrogen (secondary N) is 1. The van der Waals surface area contributed by atoms with Crippen LogP contribution in [-0.4, -0.2) is 56.3 Å². The molecule has 2 atom stereocenters. The molecule has 5 nitrogen and oxygen atoms in total. The predicted octanol–water partition coefficient (Wildman–Crippen LogP) is 0.0198. The van der Waals surface area contributed by atoms with E-state index in [0.717, 1.165) is 32.6 Å². The molecule has 1 saturated heterocycles. The van der Waals surface area contributed by atoms with Gasteiger partial charge >= 0.3 is 0 Å². The molecule has 0 bridgehead atoms. The Hall–Kier alpha value is -0.810. The summed E-state index contributed by atoms with van der Waals surface area (Å²) in [7, 11) is 1.69. The summed E-state index contributed by atoms with van der Waals surface area (Å²) in [6.45, 7) is 8.28. The molecular formula is C11H24N4O. The van der Waals surface area contributed by atoms with Crippen LogP contribution in [0.4, 0.5) is 0 Å². The molecule has 0 radical (unpaired) electrons. The van der Waals surface area contributed by atoms with Gasteiger partial charge in [0.25, 0.3) is 0 Å². The Balaban J connectivity index is 2.12. The number of ether oxygens (including phenoxy) is 1. The first kappa shape index (κ1) is 13.3. The minimum Gasteiger partial charge on any atom is -0.373 e. The van der Waals surface area contributed by atoms with Crippen molar-refractivity contribution in [2.24, 2.45) is 10.7 Å². The second-order valence-corrected chi connectivity index (χ2v) is 4.41. The molecular weight excluding hydrogens is 204 g/mol. The molecule has 0 aromatic rings. The molecule has 1 fully saturated rings. The van der Waals surface area contributed by atoms with Crippen molar-refractivity contribution in [1.29, 1.82) is 0 Å². The lowest BCUT2D eigenvalue weighted by Crippen LogP contribution is -2.46. The highest BCUT2D eigenvalue weighted by atomic mass is 16.5. The van der Waals surface area contributed by atoms with E-state index in [1.165, 1.54) is 0 Å². The molecule has 16 heavy (non-hydrogen) atoms. The Morgan fingerprint density at radius 2 is 2.06 bits per heavy atom. The maximum absolute atomic E-state index is 5.68. The summed E-state index contributed by atoms with van der Waals surface area (Å²) in [5.74, 6) is 0.517. The lowest BCUT2D eigenvalue weighted by molar-refractivity contribution is -0.0679. The summed E-state index contributed by atoms with van der Waals surface area (Å²) in [5, 5.41) is 3.06. The van der Waals surface area contributed by atoms with Crippen molar-refractivity contribution in [3.05, 3.63) is 0 Å². The standard InChI is InChI=1S/C11H24N4O/c1-9-7-15(8-10(2)16-9)6-4-5-14-11(12)13-3/h9-10H,4-8H2,1-3H3,(H3,12,13,14)/t9-,10+. The third-order valence-corrected chi connectivity index (χ3v) is 2.69. The zero-order chi connectivity index (χ0) is 12.0. The van der Waals surface area contributed by atoms with Crippen molar-refractivity contribution in [1.82, 2.24) is 10.2 Å². The molecule has 1 rings (SSSR count). The average Bonchev–Trinajstić information content (AvgIpc) is 2.22. The minimum atomic E-state index is 0.346. The average molecular weight is 228 g/mol. The fourth-order valence-electron chi connectivity index (χ4n) is 2.07. The van der Waals surface area contributed by atoms with Gasteiger partial charge in [0.2, 0.25) is 0 Å². The number of aliphatic imine (C=N–C) groups is 1. The summed E-state index contributed by atoms with van der Waals surface area (Å²) in [5.41, 5.74) is 5.54. The molecule has 1 aliphatic heterocycles. The zero-order valence-electron chi connectivity index (χ0n) is 10.6. The summed E-state index contributed by atoms with van der Waals surface area (Å²) < 4.78 is 5.68. The van der Waals surface area contributed by atoms with Crippen molar-refractivity contribution in [2.45, 2.75) is 32.5 Å². The normalized spacial score (nSPS) is 28.1. The van der Waals surface area contributed by atoms with Crippen LogP contribution in [-0.2, 0) is 4.74 Å². The molecule has 0 aromatic heterocycles. The summed E-state index contributed by atoms with van der Waals surface area (Å²) >= 11 is 0. The van der Waals surface area contributed by atoms with Gasteiger partial charge in [-0.25, -0.2) is 0 Å². The predicted molar refractivity (Wildman–Crippen MR) is 66.6 cm³/mol. The first-order valence-electron chi connectivity index (χ1n) is 5.95. The molecule has 0 amide bonds. The molecule has 0 spiro atoms. The van der Waals surface area contributed by atoms with E-state index in [4.69, 9.17) is 10.5 Å². The van der Waals surface area contributed by atoms with Gasteiger partial charge in [0.15, 0.2) is 5.96 Å². The van der Waals surface area contributed by atoms with E-state index in [2.05, 4.69) is 29.1 Å². The Morgan fingerprint density at radius 1 is 1.44 bits per heavy atom. The van der Waals surface area contributed by atoms with Crippen molar-refractivity contribution in [3.63, 3.8) is 0 Å². The molecule has 3 N–H and O–H groups in total. The van der Waals surface area contributed by atoms with Crippen molar-refractivity contribution in [3.8, 4) is 0 Å². The lowest BCUT2D eigenvalue weighted by Gasteiger charge is -2.35. The van der Waals surface area contributed by atoms with E-state index in [9.17, 15) is 0 Å². The van der Waals surface area contributed by atoms with Gasteiger partial charge in [0.05, 0.1) is 12.2 Å². The van der Waals surface area contributed by atoms with Gasteiger partial charge in [0, 0.05) is 33.2 Å². The Labute approximate surface area is 98.0 Å². The molecule has 0 aromatic carbocycles. The molecule has 0 unspecified atom stereocenters. The van der Waals surface area contributed by atoms with Gasteiger partial charge < -0.3 is 15.8 Å². The van der Waals surface area contributed by atoms with Gasteiger partial charge in [-0.1, -0.05) is 0 Å². The topological polar surface area (TPSA) is 62.9 Å². The van der Waals surface area contributed by atoms with Crippen LogP contribution in [0.5, 0.6) is 0 Å². The Bertz CT molecular complexity index is 222. The monoisotopic (exact) mass is 228 g/mol. The number of guanidine groups is 1. The maximum Gasteiger partial charge on any atom is 0.188 e. The zero-order valence-corrected chi connectivity index (χ0v) is 10.6. The lowest BCUT2D eigenvalue weighted by atomic mass is 10.2. The second kappa shape index (κ2) is 6.70. The van der Waals surface area contributed by atoms with Gasteiger partial charge in [-0.05, 0) is 20.3 Å². The number of rotatable bonds is 4. The van der Waals surface area contributed by atoms with Crippen molar-refractivity contribution in [2.75, 3.05) is 33.2 Å². The van der Waals surface area contributed by atoms with Crippen LogP contribution >= 0.6 is 0 Å². The SMILES string of the molecule is CN=C(N)NCCCN1C[C@@H](C)O[C@@H](C)C1. The van der Waals surface area contributed by atoms with E-state index in [0.29, 0.717) is 18.2 Å². The first-order valence-corrected chi connectivity index (χ1v) is 5.95. The third kappa shape index (κ3) is 4.81. The van der Waals surface area contributed by atoms with E-state index in [1.807, 2.05) is 0 Å². The molecule has 0 aliphatic carbocycles. The van der Waals surface area contributed by atoms with Gasteiger partial charge in [0.1, 0.15) is 0 Å². The van der Waals surface area contributed by atoms with E-state index in [-0.39, 0.29) is 0 Å². The molecule has 1 heterocycles. The quantitative estimate of drug-likeness (QED) is 0.404. The fraction of sp³-hybridized carbons (Fsp3) is 0.909. The number of hydrogen-bond donors (Lipinski definition) is 2. The number of nitrogens with two attached hydrogens (primary N) is 1. The van der Waals surface area contributed by atoms with Crippen LogP contribution in [0.15, 0.2) is 4.99 Å². The van der Waals surface area contributed by atoms with Crippen LogP contribution in [0, 0.1) is 0 Å². The minimum absolute atomic E-state index is 0.346. The first-order chi connectivity index (χ1) is 7.61. The summed E-state index contributed by atoms with van der Waals surface area (Å²) in [6, 6.07) is 0. The smallest absolute Gasteiger partial charge is 0.188 e. The van der Waals surface area contributed by atoms with E-state index in [1.54, 1.807) is 7.05 Å². The Kier molecular flexibility index (Phi) is 5.55. The summed E-state index contributed by atoms with van der Waals surface area (Å²) in [6.07, 6.45) is 1.77. The highest BCUT2D eigenvalue weighted by Gasteiger charge is 2.21. The van der Waals surface area contributed by atoms with Gasteiger partial charge in [-0.2, -0.15) is 0 Å². The highest BCUT2D eigenvalue weighted by molar-refractivity contribution is 5.77. The molecule has 5 heteroatoms. The number of hydrogen-bond acceptors (Lipinski definition) is 3. The van der Waals surface area contributed by atoms with Crippen LogP contribution in [0.25, 0.3) is 0 Å². The van der Waals surface area contributed by atoms with Gasteiger partial charge in [-0.3, -0.25) is 9.89 Å². The maximum atomic E-state index is 5.68. The van der Waals surface area contributed by atoms with Gasteiger partial charge in [-0.15, -0.1) is 0 Å². The molecule has 0 saturated carbocycles. The number of morpholine rings is 1. The van der Waals surface area contributed by atoms with E-state index >= 15 is 0 Å². The van der Waals surface area contributed by atoms with Crippen molar-refractivity contribution >= 4 is 5.96 Å². The van der Waals surface area contributed by atoms with Crippen LogP contribution in [0.1, 0.15) is 20.3 Å². The third-order valence-electron chi connectivity index (χ3n) is 2.69. The largest absolute Gasteiger partial charge is 0.373 e. The second-order valence-electron chi connectivity index (χ2n) is 4.41. The number of nitrogens with zero attached hydrogens (tertiary/aromatic N) is 2. The fourth-order valence-corrected chi connectivity index (χ4v) is 2.07. The molecule has 1 aliphatic rings. The summed E-state index contributed by atoms with van der Waals surface area (Å²) in [4.78, 5) is 6.29. The van der Waals surface area contributed by atoms with Crippen LogP contribution < -0.4 is 11.1 Å². The van der Waals surface area contributed by atoms with Crippen LogP contribution in [0.3, 0.4) is 0 Å². The Morgan fingerprint density at radius 3 is 2.62 bits per heavy atom.